The lowest BCUT2D eigenvalue weighted by atomic mass is 10.2. The molecule has 4 heteroatoms. The van der Waals surface area contributed by atoms with Crippen molar-refractivity contribution in [2.24, 2.45) is 0 Å². The maximum absolute atomic E-state index is 13.3. The van der Waals surface area contributed by atoms with Gasteiger partial charge in [0.1, 0.15) is 18.3 Å². The van der Waals surface area contributed by atoms with Crippen LogP contribution >= 0.6 is 0 Å². The molecule has 2 atom stereocenters. The molecule has 1 aromatic rings. The van der Waals surface area contributed by atoms with Crippen molar-refractivity contribution in [3.63, 3.8) is 0 Å². The molecule has 0 aromatic carbocycles. The van der Waals surface area contributed by atoms with Gasteiger partial charge in [-0.05, 0) is 26.2 Å². The first kappa shape index (κ1) is 9.37. The molecule has 0 saturated heterocycles. The number of halogens is 1. The SMILES string of the molecule is Cc1cc(N[C@@H]2CCC[C@@H]2F)ncn1. The second-order valence-corrected chi connectivity index (χ2v) is 3.74. The van der Waals surface area contributed by atoms with Crippen LogP contribution in [0.4, 0.5) is 10.2 Å². The average molecular weight is 195 g/mol. The lowest BCUT2D eigenvalue weighted by molar-refractivity contribution is 0.323. The van der Waals surface area contributed by atoms with Gasteiger partial charge in [-0.1, -0.05) is 0 Å². The first-order valence-corrected chi connectivity index (χ1v) is 4.95. The Hall–Kier alpha value is -1.19. The summed E-state index contributed by atoms with van der Waals surface area (Å²) in [6.07, 6.45) is 3.29. The van der Waals surface area contributed by atoms with Gasteiger partial charge in [0.15, 0.2) is 0 Å². The van der Waals surface area contributed by atoms with E-state index in [1.54, 1.807) is 0 Å². The Balaban J connectivity index is 2.03. The standard InChI is InChI=1S/C10H14FN3/c1-7-5-10(13-6-12-7)14-9-4-2-3-8(9)11/h5-6,8-9H,2-4H2,1H3,(H,12,13,14)/t8-,9+/m0/s1. The molecule has 1 aromatic heterocycles. The second kappa shape index (κ2) is 3.90. The number of aryl methyl sites for hydroxylation is 1. The number of aromatic nitrogens is 2. The fraction of sp³-hybridized carbons (Fsp3) is 0.600. The fourth-order valence-electron chi connectivity index (χ4n) is 1.80. The van der Waals surface area contributed by atoms with Gasteiger partial charge in [0, 0.05) is 11.8 Å². The van der Waals surface area contributed by atoms with Crippen LogP contribution in [-0.2, 0) is 0 Å². The molecule has 1 fully saturated rings. The van der Waals surface area contributed by atoms with E-state index >= 15 is 0 Å². The van der Waals surface area contributed by atoms with Crippen LogP contribution in [0.2, 0.25) is 0 Å². The Morgan fingerprint density at radius 2 is 2.29 bits per heavy atom. The third-order valence-electron chi connectivity index (χ3n) is 2.57. The van der Waals surface area contributed by atoms with Gasteiger partial charge in [-0.15, -0.1) is 0 Å². The molecular formula is C10H14FN3. The number of hydrogen-bond acceptors (Lipinski definition) is 3. The Morgan fingerprint density at radius 3 is 2.93 bits per heavy atom. The van der Waals surface area contributed by atoms with Crippen LogP contribution in [0.25, 0.3) is 0 Å². The molecule has 1 N–H and O–H groups in total. The molecule has 14 heavy (non-hydrogen) atoms. The minimum Gasteiger partial charge on any atom is -0.364 e. The maximum Gasteiger partial charge on any atom is 0.129 e. The minimum atomic E-state index is -0.731. The molecule has 2 rings (SSSR count). The number of nitrogens with zero attached hydrogens (tertiary/aromatic N) is 2. The summed E-state index contributed by atoms with van der Waals surface area (Å²) in [6.45, 7) is 1.90. The van der Waals surface area contributed by atoms with E-state index < -0.39 is 6.17 Å². The molecule has 1 saturated carbocycles. The Labute approximate surface area is 82.8 Å². The van der Waals surface area contributed by atoms with Crippen LogP contribution in [0.3, 0.4) is 0 Å². The Bertz CT molecular complexity index is 316. The van der Waals surface area contributed by atoms with Gasteiger partial charge in [-0.3, -0.25) is 0 Å². The molecule has 0 radical (unpaired) electrons. The average Bonchev–Trinajstić information content (AvgIpc) is 2.52. The van der Waals surface area contributed by atoms with E-state index in [1.165, 1.54) is 6.33 Å². The Morgan fingerprint density at radius 1 is 1.43 bits per heavy atom. The highest BCUT2D eigenvalue weighted by Crippen LogP contribution is 2.24. The predicted octanol–water partition coefficient (Wildman–Crippen LogP) is 2.09. The van der Waals surface area contributed by atoms with Gasteiger partial charge in [0.05, 0.1) is 6.04 Å². The van der Waals surface area contributed by atoms with Crippen molar-refractivity contribution >= 4 is 5.82 Å². The summed E-state index contributed by atoms with van der Waals surface area (Å²) in [6, 6.07) is 1.77. The number of alkyl halides is 1. The van der Waals surface area contributed by atoms with Gasteiger partial charge in [-0.25, -0.2) is 14.4 Å². The molecule has 0 aliphatic heterocycles. The summed E-state index contributed by atoms with van der Waals surface area (Å²) < 4.78 is 13.3. The molecule has 1 heterocycles. The van der Waals surface area contributed by atoms with Gasteiger partial charge >= 0.3 is 0 Å². The Kier molecular flexibility index (Phi) is 2.61. The molecule has 1 aliphatic carbocycles. The molecule has 1 aliphatic rings. The van der Waals surface area contributed by atoms with Crippen molar-refractivity contribution in [3.05, 3.63) is 18.1 Å². The van der Waals surface area contributed by atoms with Crippen LogP contribution in [-0.4, -0.2) is 22.2 Å². The van der Waals surface area contributed by atoms with Gasteiger partial charge in [0.2, 0.25) is 0 Å². The molecule has 76 valence electrons. The van der Waals surface area contributed by atoms with Gasteiger partial charge in [-0.2, -0.15) is 0 Å². The minimum absolute atomic E-state index is 0.0655. The second-order valence-electron chi connectivity index (χ2n) is 3.74. The van der Waals surface area contributed by atoms with E-state index in [4.69, 9.17) is 0 Å². The third-order valence-corrected chi connectivity index (χ3v) is 2.57. The molecule has 0 spiro atoms. The summed E-state index contributed by atoms with van der Waals surface area (Å²) in [4.78, 5) is 8.04. The van der Waals surface area contributed by atoms with Crippen molar-refractivity contribution < 1.29 is 4.39 Å². The van der Waals surface area contributed by atoms with E-state index in [2.05, 4.69) is 15.3 Å². The molecule has 3 nitrogen and oxygen atoms in total. The first-order valence-electron chi connectivity index (χ1n) is 4.95. The van der Waals surface area contributed by atoms with E-state index in [9.17, 15) is 4.39 Å². The highest BCUT2D eigenvalue weighted by Gasteiger charge is 2.26. The third kappa shape index (κ3) is 2.00. The zero-order chi connectivity index (χ0) is 9.97. The van der Waals surface area contributed by atoms with E-state index in [-0.39, 0.29) is 6.04 Å². The maximum atomic E-state index is 13.3. The van der Waals surface area contributed by atoms with E-state index in [0.717, 1.165) is 24.4 Å². The first-order chi connectivity index (χ1) is 6.75. The number of anilines is 1. The topological polar surface area (TPSA) is 37.8 Å². The zero-order valence-electron chi connectivity index (χ0n) is 8.20. The zero-order valence-corrected chi connectivity index (χ0v) is 8.20. The molecule has 0 bridgehead atoms. The van der Waals surface area contributed by atoms with Crippen molar-refractivity contribution in [1.82, 2.24) is 9.97 Å². The van der Waals surface area contributed by atoms with Crippen LogP contribution in [0.5, 0.6) is 0 Å². The summed E-state index contributed by atoms with van der Waals surface area (Å²) in [5, 5.41) is 3.11. The summed E-state index contributed by atoms with van der Waals surface area (Å²) in [5.41, 5.74) is 0.899. The molecular weight excluding hydrogens is 181 g/mol. The van der Waals surface area contributed by atoms with Gasteiger partial charge < -0.3 is 5.32 Å². The number of hydrogen-bond donors (Lipinski definition) is 1. The number of rotatable bonds is 2. The monoisotopic (exact) mass is 195 g/mol. The van der Waals surface area contributed by atoms with E-state index in [0.29, 0.717) is 6.42 Å². The van der Waals surface area contributed by atoms with Crippen molar-refractivity contribution in [3.8, 4) is 0 Å². The highest BCUT2D eigenvalue weighted by atomic mass is 19.1. The van der Waals surface area contributed by atoms with Crippen molar-refractivity contribution in [1.29, 1.82) is 0 Å². The smallest absolute Gasteiger partial charge is 0.129 e. The van der Waals surface area contributed by atoms with Crippen LogP contribution < -0.4 is 5.32 Å². The largest absolute Gasteiger partial charge is 0.364 e. The predicted molar refractivity (Wildman–Crippen MR) is 52.9 cm³/mol. The summed E-state index contributed by atoms with van der Waals surface area (Å²) in [5.74, 6) is 0.729. The van der Waals surface area contributed by atoms with Crippen LogP contribution in [0.1, 0.15) is 25.0 Å². The lowest BCUT2D eigenvalue weighted by Gasteiger charge is -2.15. The fourth-order valence-corrected chi connectivity index (χ4v) is 1.80. The van der Waals surface area contributed by atoms with Crippen molar-refractivity contribution in [2.45, 2.75) is 38.4 Å². The van der Waals surface area contributed by atoms with Crippen molar-refractivity contribution in [2.75, 3.05) is 5.32 Å². The molecule has 0 unspecified atom stereocenters. The highest BCUT2D eigenvalue weighted by molar-refractivity contribution is 5.36. The number of nitrogens with one attached hydrogen (secondary N) is 1. The van der Waals surface area contributed by atoms with Crippen LogP contribution in [0.15, 0.2) is 12.4 Å². The normalized spacial score (nSPS) is 26.4. The van der Waals surface area contributed by atoms with Gasteiger partial charge in [0.25, 0.3) is 0 Å². The lowest BCUT2D eigenvalue weighted by Crippen LogP contribution is -2.25. The summed E-state index contributed by atoms with van der Waals surface area (Å²) in [7, 11) is 0. The summed E-state index contributed by atoms with van der Waals surface area (Å²) >= 11 is 0. The molecule has 0 amide bonds. The quantitative estimate of drug-likeness (QED) is 0.785. The van der Waals surface area contributed by atoms with E-state index in [1.807, 2.05) is 13.0 Å². The van der Waals surface area contributed by atoms with Crippen LogP contribution in [0, 0.1) is 6.92 Å².